The SMILES string of the molecule is CCCc1ccc(SC)cc1Br. The molecule has 0 atom stereocenters. The zero-order valence-corrected chi connectivity index (χ0v) is 9.83. The van der Waals surface area contributed by atoms with E-state index in [0.29, 0.717) is 0 Å². The minimum atomic E-state index is 1.16. The number of hydrogen-bond acceptors (Lipinski definition) is 1. The molecule has 0 aliphatic carbocycles. The lowest BCUT2D eigenvalue weighted by molar-refractivity contribution is 0.915. The van der Waals surface area contributed by atoms with Crippen LogP contribution in [0.25, 0.3) is 0 Å². The quantitative estimate of drug-likeness (QED) is 0.722. The highest BCUT2D eigenvalue weighted by molar-refractivity contribution is 9.10. The number of halogens is 1. The molecule has 0 bridgehead atoms. The molecule has 0 nitrogen and oxygen atoms in total. The Labute approximate surface area is 86.9 Å². The Kier molecular flexibility index (Phi) is 4.16. The smallest absolute Gasteiger partial charge is 0.0218 e. The minimum Gasteiger partial charge on any atom is -0.130 e. The number of benzene rings is 1. The van der Waals surface area contributed by atoms with E-state index in [1.54, 1.807) is 11.8 Å². The molecule has 1 rings (SSSR count). The van der Waals surface area contributed by atoms with Crippen LogP contribution in [0.15, 0.2) is 27.6 Å². The highest BCUT2D eigenvalue weighted by Crippen LogP contribution is 2.24. The van der Waals surface area contributed by atoms with Gasteiger partial charge in [-0.15, -0.1) is 11.8 Å². The monoisotopic (exact) mass is 244 g/mol. The van der Waals surface area contributed by atoms with Gasteiger partial charge in [0.1, 0.15) is 0 Å². The summed E-state index contributed by atoms with van der Waals surface area (Å²) < 4.78 is 1.25. The van der Waals surface area contributed by atoms with E-state index in [1.807, 2.05) is 0 Å². The van der Waals surface area contributed by atoms with Gasteiger partial charge >= 0.3 is 0 Å². The van der Waals surface area contributed by atoms with Crippen LogP contribution in [-0.4, -0.2) is 6.26 Å². The Morgan fingerprint density at radius 1 is 1.42 bits per heavy atom. The van der Waals surface area contributed by atoms with E-state index in [4.69, 9.17) is 0 Å². The first-order valence-electron chi connectivity index (χ1n) is 4.10. The van der Waals surface area contributed by atoms with Gasteiger partial charge in [-0.25, -0.2) is 0 Å². The maximum Gasteiger partial charge on any atom is 0.0218 e. The first kappa shape index (κ1) is 10.1. The number of thioether (sulfide) groups is 1. The van der Waals surface area contributed by atoms with Crippen molar-refractivity contribution in [1.29, 1.82) is 0 Å². The van der Waals surface area contributed by atoms with Crippen molar-refractivity contribution in [3.8, 4) is 0 Å². The van der Waals surface area contributed by atoms with Crippen LogP contribution in [0.4, 0.5) is 0 Å². The normalized spacial score (nSPS) is 10.2. The van der Waals surface area contributed by atoms with Gasteiger partial charge in [0.25, 0.3) is 0 Å². The van der Waals surface area contributed by atoms with Crippen LogP contribution in [0.5, 0.6) is 0 Å². The molecule has 66 valence electrons. The van der Waals surface area contributed by atoms with Gasteiger partial charge in [0.15, 0.2) is 0 Å². The topological polar surface area (TPSA) is 0 Å². The predicted molar refractivity (Wildman–Crippen MR) is 59.9 cm³/mol. The van der Waals surface area contributed by atoms with Gasteiger partial charge in [-0.3, -0.25) is 0 Å². The van der Waals surface area contributed by atoms with Crippen molar-refractivity contribution in [2.75, 3.05) is 6.26 Å². The molecule has 0 N–H and O–H groups in total. The largest absolute Gasteiger partial charge is 0.130 e. The molecule has 2 heteroatoms. The van der Waals surface area contributed by atoms with Gasteiger partial charge in [-0.2, -0.15) is 0 Å². The van der Waals surface area contributed by atoms with Gasteiger partial charge in [0.2, 0.25) is 0 Å². The van der Waals surface area contributed by atoms with Crippen LogP contribution in [0, 0.1) is 0 Å². The highest BCUT2D eigenvalue weighted by Gasteiger charge is 1.99. The van der Waals surface area contributed by atoms with Crippen molar-refractivity contribution in [1.82, 2.24) is 0 Å². The van der Waals surface area contributed by atoms with Crippen molar-refractivity contribution in [3.63, 3.8) is 0 Å². The Morgan fingerprint density at radius 2 is 2.17 bits per heavy atom. The van der Waals surface area contributed by atoms with Crippen LogP contribution in [0.3, 0.4) is 0 Å². The van der Waals surface area contributed by atoms with Crippen molar-refractivity contribution < 1.29 is 0 Å². The predicted octanol–water partition coefficient (Wildman–Crippen LogP) is 4.12. The zero-order chi connectivity index (χ0) is 8.97. The summed E-state index contributed by atoms with van der Waals surface area (Å²) in [7, 11) is 0. The molecular weight excluding hydrogens is 232 g/mol. The third-order valence-corrected chi connectivity index (χ3v) is 3.24. The maximum atomic E-state index is 3.58. The zero-order valence-electron chi connectivity index (χ0n) is 7.43. The van der Waals surface area contributed by atoms with Gasteiger partial charge in [0.05, 0.1) is 0 Å². The van der Waals surface area contributed by atoms with Crippen LogP contribution < -0.4 is 0 Å². The Balaban J connectivity index is 2.87. The Hall–Kier alpha value is 0.0500. The van der Waals surface area contributed by atoms with Crippen molar-refractivity contribution in [2.45, 2.75) is 24.7 Å². The first-order chi connectivity index (χ1) is 5.77. The molecule has 0 radical (unpaired) electrons. The second kappa shape index (κ2) is 4.93. The molecule has 0 spiro atoms. The fourth-order valence-corrected chi connectivity index (χ4v) is 2.30. The molecule has 1 aromatic rings. The molecule has 12 heavy (non-hydrogen) atoms. The first-order valence-corrected chi connectivity index (χ1v) is 6.12. The van der Waals surface area contributed by atoms with Crippen LogP contribution in [-0.2, 0) is 6.42 Å². The molecule has 0 aliphatic rings. The lowest BCUT2D eigenvalue weighted by atomic mass is 10.1. The third-order valence-electron chi connectivity index (χ3n) is 1.78. The summed E-state index contributed by atoms with van der Waals surface area (Å²) in [6.07, 6.45) is 4.47. The number of aryl methyl sites for hydroxylation is 1. The third kappa shape index (κ3) is 2.53. The average Bonchev–Trinajstić information content (AvgIpc) is 2.09. The van der Waals surface area contributed by atoms with E-state index in [2.05, 4.69) is 47.3 Å². The lowest BCUT2D eigenvalue weighted by Crippen LogP contribution is -1.84. The molecule has 0 saturated heterocycles. The van der Waals surface area contributed by atoms with E-state index in [9.17, 15) is 0 Å². The summed E-state index contributed by atoms with van der Waals surface area (Å²) in [5, 5.41) is 0. The van der Waals surface area contributed by atoms with E-state index in [0.717, 1.165) is 6.42 Å². The van der Waals surface area contributed by atoms with E-state index < -0.39 is 0 Å². The summed E-state index contributed by atoms with van der Waals surface area (Å²) in [5.41, 5.74) is 1.41. The van der Waals surface area contributed by atoms with E-state index >= 15 is 0 Å². The summed E-state index contributed by atoms with van der Waals surface area (Å²) in [6.45, 7) is 2.20. The van der Waals surface area contributed by atoms with Crippen LogP contribution >= 0.6 is 27.7 Å². The Morgan fingerprint density at radius 3 is 2.67 bits per heavy atom. The van der Waals surface area contributed by atoms with E-state index in [1.165, 1.54) is 21.4 Å². The Bertz CT molecular complexity index is 258. The lowest BCUT2D eigenvalue weighted by Gasteiger charge is -2.03. The molecule has 0 fully saturated rings. The molecular formula is C10H13BrS. The van der Waals surface area contributed by atoms with Crippen molar-refractivity contribution in [2.24, 2.45) is 0 Å². The standard InChI is InChI=1S/C10H13BrS/c1-3-4-8-5-6-9(12-2)7-10(8)11/h5-7H,3-4H2,1-2H3. The van der Waals surface area contributed by atoms with E-state index in [-0.39, 0.29) is 0 Å². The summed E-state index contributed by atoms with van der Waals surface area (Å²) in [5.74, 6) is 0. The van der Waals surface area contributed by atoms with Gasteiger partial charge < -0.3 is 0 Å². The number of hydrogen-bond donors (Lipinski definition) is 0. The molecule has 0 aliphatic heterocycles. The van der Waals surface area contributed by atoms with Crippen LogP contribution in [0.1, 0.15) is 18.9 Å². The van der Waals surface area contributed by atoms with Gasteiger partial charge in [-0.1, -0.05) is 35.3 Å². The fourth-order valence-electron chi connectivity index (χ4n) is 1.13. The molecule has 0 aromatic heterocycles. The second-order valence-electron chi connectivity index (χ2n) is 2.71. The van der Waals surface area contributed by atoms with Gasteiger partial charge in [-0.05, 0) is 30.4 Å². The highest BCUT2D eigenvalue weighted by atomic mass is 79.9. The summed E-state index contributed by atoms with van der Waals surface area (Å²) in [6, 6.07) is 6.58. The molecule has 0 unspecified atom stereocenters. The average molecular weight is 245 g/mol. The van der Waals surface area contributed by atoms with Crippen molar-refractivity contribution >= 4 is 27.7 Å². The van der Waals surface area contributed by atoms with Crippen molar-refractivity contribution in [3.05, 3.63) is 28.2 Å². The second-order valence-corrected chi connectivity index (χ2v) is 4.44. The maximum absolute atomic E-state index is 3.58. The summed E-state index contributed by atoms with van der Waals surface area (Å²) >= 11 is 5.36. The molecule has 0 amide bonds. The molecule has 0 saturated carbocycles. The molecule has 0 heterocycles. The minimum absolute atomic E-state index is 1.16. The summed E-state index contributed by atoms with van der Waals surface area (Å²) in [4.78, 5) is 1.32. The van der Waals surface area contributed by atoms with Crippen LogP contribution in [0.2, 0.25) is 0 Å². The number of rotatable bonds is 3. The molecule has 1 aromatic carbocycles. The van der Waals surface area contributed by atoms with Gasteiger partial charge in [0, 0.05) is 9.37 Å². The fraction of sp³-hybridized carbons (Fsp3) is 0.400.